The highest BCUT2D eigenvalue weighted by atomic mass is 16.3. The molecule has 0 N–H and O–H groups in total. The second-order valence-electron chi connectivity index (χ2n) is 5.38. The number of rotatable bonds is 2. The maximum Gasteiger partial charge on any atom is 0.203 e. The summed E-state index contributed by atoms with van der Waals surface area (Å²) in [5.41, 5.74) is 2.26. The van der Waals surface area contributed by atoms with Gasteiger partial charge in [0, 0.05) is 0 Å². The number of carbonyl (C=O) groups is 1. The lowest BCUT2D eigenvalue weighted by atomic mass is 9.97. The molecule has 1 aromatic heterocycles. The molecule has 0 saturated heterocycles. The Morgan fingerprint density at radius 3 is 2.57 bits per heavy atom. The van der Waals surface area contributed by atoms with Crippen molar-refractivity contribution in [2.75, 3.05) is 0 Å². The monoisotopic (exact) mass is 300 g/mol. The fourth-order valence-corrected chi connectivity index (χ4v) is 2.87. The van der Waals surface area contributed by atoms with Gasteiger partial charge in [-0.3, -0.25) is 9.59 Å². The van der Waals surface area contributed by atoms with E-state index in [0.717, 1.165) is 21.9 Å². The van der Waals surface area contributed by atoms with Crippen molar-refractivity contribution >= 4 is 28.0 Å². The van der Waals surface area contributed by atoms with E-state index in [1.807, 2.05) is 36.4 Å². The molecule has 0 atom stereocenters. The second kappa shape index (κ2) is 5.21. The van der Waals surface area contributed by atoms with Crippen molar-refractivity contribution < 1.29 is 9.21 Å². The quantitative estimate of drug-likeness (QED) is 0.515. The first-order valence-corrected chi connectivity index (χ1v) is 7.27. The molecule has 110 valence electrons. The zero-order valence-electron chi connectivity index (χ0n) is 12.2. The van der Waals surface area contributed by atoms with Crippen LogP contribution in [0.15, 0.2) is 76.1 Å². The van der Waals surface area contributed by atoms with E-state index in [2.05, 4.69) is 18.2 Å². The normalized spacial score (nSPS) is 11.0. The van der Waals surface area contributed by atoms with Gasteiger partial charge in [0.15, 0.2) is 6.29 Å². The van der Waals surface area contributed by atoms with Crippen LogP contribution in [0.2, 0.25) is 0 Å². The van der Waals surface area contributed by atoms with Gasteiger partial charge in [0.2, 0.25) is 5.43 Å². The van der Waals surface area contributed by atoms with Crippen LogP contribution in [0.4, 0.5) is 0 Å². The van der Waals surface area contributed by atoms with Crippen molar-refractivity contribution in [3.05, 3.63) is 82.7 Å². The van der Waals surface area contributed by atoms with E-state index in [0.29, 0.717) is 17.3 Å². The van der Waals surface area contributed by atoms with Gasteiger partial charge < -0.3 is 4.42 Å². The number of hydrogen-bond acceptors (Lipinski definition) is 3. The SMILES string of the molecule is O=Cc1coc2cc(-c3cccc4ccccc34)ccc2c1=O. The van der Waals surface area contributed by atoms with Gasteiger partial charge in [-0.25, -0.2) is 0 Å². The van der Waals surface area contributed by atoms with Crippen LogP contribution in [0.5, 0.6) is 0 Å². The summed E-state index contributed by atoms with van der Waals surface area (Å²) in [6.07, 6.45) is 1.73. The number of hydrogen-bond donors (Lipinski definition) is 0. The third kappa shape index (κ3) is 2.14. The van der Waals surface area contributed by atoms with E-state index >= 15 is 0 Å². The Labute approximate surface area is 131 Å². The summed E-state index contributed by atoms with van der Waals surface area (Å²) >= 11 is 0. The largest absolute Gasteiger partial charge is 0.463 e. The molecule has 0 radical (unpaired) electrons. The van der Waals surface area contributed by atoms with Crippen molar-refractivity contribution in [3.8, 4) is 11.1 Å². The third-order valence-corrected chi connectivity index (χ3v) is 4.03. The van der Waals surface area contributed by atoms with Crippen molar-refractivity contribution in [2.45, 2.75) is 0 Å². The number of carbonyl (C=O) groups excluding carboxylic acids is 1. The van der Waals surface area contributed by atoms with Crippen LogP contribution in [-0.2, 0) is 0 Å². The zero-order chi connectivity index (χ0) is 15.8. The van der Waals surface area contributed by atoms with E-state index in [-0.39, 0.29) is 11.0 Å². The summed E-state index contributed by atoms with van der Waals surface area (Å²) in [4.78, 5) is 23.0. The van der Waals surface area contributed by atoms with E-state index in [1.54, 1.807) is 6.07 Å². The molecule has 0 fully saturated rings. The minimum absolute atomic E-state index is 0.0374. The molecule has 0 aliphatic carbocycles. The van der Waals surface area contributed by atoms with E-state index in [1.165, 1.54) is 6.26 Å². The van der Waals surface area contributed by atoms with Gasteiger partial charge in [0.1, 0.15) is 11.8 Å². The molecule has 4 aromatic rings. The molecule has 0 unspecified atom stereocenters. The van der Waals surface area contributed by atoms with Crippen LogP contribution in [-0.4, -0.2) is 6.29 Å². The molecule has 1 heterocycles. The molecule has 3 aromatic carbocycles. The van der Waals surface area contributed by atoms with Gasteiger partial charge >= 0.3 is 0 Å². The molecular weight excluding hydrogens is 288 g/mol. The first kappa shape index (κ1) is 13.5. The highest BCUT2D eigenvalue weighted by Gasteiger charge is 2.09. The fourth-order valence-electron chi connectivity index (χ4n) is 2.87. The Bertz CT molecular complexity index is 1100. The molecule has 4 rings (SSSR count). The van der Waals surface area contributed by atoms with Crippen LogP contribution >= 0.6 is 0 Å². The summed E-state index contributed by atoms with van der Waals surface area (Å²) in [5, 5.41) is 2.71. The van der Waals surface area contributed by atoms with Gasteiger partial charge in [0.25, 0.3) is 0 Å². The Hall–Kier alpha value is -3.20. The summed E-state index contributed by atoms with van der Waals surface area (Å²) in [5.74, 6) is 0. The number of fused-ring (bicyclic) bond motifs is 2. The molecule has 0 aliphatic heterocycles. The average Bonchev–Trinajstić information content (AvgIpc) is 2.61. The average molecular weight is 300 g/mol. The predicted octanol–water partition coefficient (Wildman–Crippen LogP) is 4.43. The van der Waals surface area contributed by atoms with Crippen LogP contribution in [0, 0.1) is 0 Å². The third-order valence-electron chi connectivity index (χ3n) is 4.03. The zero-order valence-corrected chi connectivity index (χ0v) is 12.2. The molecule has 3 nitrogen and oxygen atoms in total. The van der Waals surface area contributed by atoms with Crippen LogP contribution in [0.3, 0.4) is 0 Å². The predicted molar refractivity (Wildman–Crippen MR) is 90.8 cm³/mol. The van der Waals surface area contributed by atoms with Gasteiger partial charge in [-0.05, 0) is 34.0 Å². The van der Waals surface area contributed by atoms with Gasteiger partial charge in [-0.15, -0.1) is 0 Å². The van der Waals surface area contributed by atoms with E-state index in [9.17, 15) is 9.59 Å². The van der Waals surface area contributed by atoms with Crippen molar-refractivity contribution in [3.63, 3.8) is 0 Å². The lowest BCUT2D eigenvalue weighted by Crippen LogP contribution is -2.07. The summed E-state index contributed by atoms with van der Waals surface area (Å²) in [7, 11) is 0. The minimum atomic E-state index is -0.300. The molecule has 3 heteroatoms. The second-order valence-corrected chi connectivity index (χ2v) is 5.38. The number of benzene rings is 3. The van der Waals surface area contributed by atoms with Crippen LogP contribution < -0.4 is 5.43 Å². The highest BCUT2D eigenvalue weighted by Crippen LogP contribution is 2.30. The van der Waals surface area contributed by atoms with Crippen LogP contribution in [0.25, 0.3) is 32.9 Å². The Morgan fingerprint density at radius 1 is 0.870 bits per heavy atom. The fraction of sp³-hybridized carbons (Fsp3) is 0. The first-order valence-electron chi connectivity index (χ1n) is 7.27. The summed E-state index contributed by atoms with van der Waals surface area (Å²) in [6, 6.07) is 19.7. The summed E-state index contributed by atoms with van der Waals surface area (Å²) < 4.78 is 5.46. The van der Waals surface area contributed by atoms with E-state index in [4.69, 9.17) is 4.42 Å². The smallest absolute Gasteiger partial charge is 0.203 e. The van der Waals surface area contributed by atoms with Gasteiger partial charge in [0.05, 0.1) is 10.9 Å². The molecule has 0 bridgehead atoms. The first-order chi connectivity index (χ1) is 11.3. The Balaban J connectivity index is 1.99. The molecular formula is C20H12O3. The lowest BCUT2D eigenvalue weighted by Gasteiger charge is -2.07. The molecule has 0 amide bonds. The summed E-state index contributed by atoms with van der Waals surface area (Å²) in [6.45, 7) is 0. The van der Waals surface area contributed by atoms with Crippen molar-refractivity contribution in [2.24, 2.45) is 0 Å². The Morgan fingerprint density at radius 2 is 1.70 bits per heavy atom. The molecule has 23 heavy (non-hydrogen) atoms. The minimum Gasteiger partial charge on any atom is -0.463 e. The standard InChI is InChI=1S/C20H12O3/c21-11-15-12-23-19-10-14(8-9-18(19)20(15)22)17-7-3-5-13-4-1-2-6-16(13)17/h1-12H. The van der Waals surface area contributed by atoms with E-state index < -0.39 is 0 Å². The molecule has 0 saturated carbocycles. The lowest BCUT2D eigenvalue weighted by molar-refractivity contribution is 0.112. The molecule has 0 spiro atoms. The van der Waals surface area contributed by atoms with Crippen molar-refractivity contribution in [1.82, 2.24) is 0 Å². The molecule has 0 aliphatic rings. The maximum atomic E-state index is 12.1. The number of aldehydes is 1. The Kier molecular flexibility index (Phi) is 3.05. The van der Waals surface area contributed by atoms with Gasteiger partial charge in [-0.2, -0.15) is 0 Å². The maximum absolute atomic E-state index is 12.1. The topological polar surface area (TPSA) is 47.3 Å². The highest BCUT2D eigenvalue weighted by molar-refractivity contribution is 5.98. The van der Waals surface area contributed by atoms with Gasteiger partial charge in [-0.1, -0.05) is 48.5 Å². The van der Waals surface area contributed by atoms with Crippen molar-refractivity contribution in [1.29, 1.82) is 0 Å². The van der Waals surface area contributed by atoms with Crippen LogP contribution in [0.1, 0.15) is 10.4 Å².